The predicted molar refractivity (Wildman–Crippen MR) is 59.7 cm³/mol. The van der Waals surface area contributed by atoms with Gasteiger partial charge in [-0.1, -0.05) is 12.1 Å². The number of nitrogens with one attached hydrogen (secondary N) is 1. The standard InChI is InChI=1S/C11H14ClNO/c1-8-5-4-6-9(7-8)13-10(14)11(2,3)12/h4-7H,1-3H3,(H,13,14). The van der Waals surface area contributed by atoms with Crippen LogP contribution in [0.2, 0.25) is 0 Å². The first-order valence-electron chi connectivity index (χ1n) is 4.46. The number of hydrogen-bond donors (Lipinski definition) is 1. The highest BCUT2D eigenvalue weighted by Crippen LogP contribution is 2.17. The van der Waals surface area contributed by atoms with Gasteiger partial charge in [0, 0.05) is 5.69 Å². The third kappa shape index (κ3) is 3.04. The number of benzene rings is 1. The second kappa shape index (κ2) is 4.01. The molecule has 1 amide bonds. The number of carbonyl (C=O) groups is 1. The zero-order chi connectivity index (χ0) is 10.8. The summed E-state index contributed by atoms with van der Waals surface area (Å²) in [5.41, 5.74) is 1.89. The molecule has 0 saturated heterocycles. The lowest BCUT2D eigenvalue weighted by Crippen LogP contribution is -2.31. The molecule has 0 aliphatic heterocycles. The van der Waals surface area contributed by atoms with Crippen molar-refractivity contribution in [1.29, 1.82) is 0 Å². The Morgan fingerprint density at radius 2 is 2.07 bits per heavy atom. The zero-order valence-corrected chi connectivity index (χ0v) is 9.35. The van der Waals surface area contributed by atoms with E-state index in [1.807, 2.05) is 31.2 Å². The number of halogens is 1. The maximum Gasteiger partial charge on any atom is 0.244 e. The largest absolute Gasteiger partial charge is 0.325 e. The summed E-state index contributed by atoms with van der Waals surface area (Å²) in [5, 5.41) is 2.75. The van der Waals surface area contributed by atoms with Crippen molar-refractivity contribution in [1.82, 2.24) is 0 Å². The van der Waals surface area contributed by atoms with Crippen LogP contribution in [0.4, 0.5) is 5.69 Å². The van der Waals surface area contributed by atoms with Crippen LogP contribution in [0.1, 0.15) is 19.4 Å². The van der Waals surface area contributed by atoms with E-state index in [4.69, 9.17) is 11.6 Å². The van der Waals surface area contributed by atoms with Crippen molar-refractivity contribution in [2.45, 2.75) is 25.6 Å². The Hall–Kier alpha value is -1.02. The Kier molecular flexibility index (Phi) is 3.17. The molecule has 0 radical (unpaired) electrons. The topological polar surface area (TPSA) is 29.1 Å². The molecular formula is C11H14ClNO. The molecule has 0 bridgehead atoms. The zero-order valence-electron chi connectivity index (χ0n) is 8.60. The fourth-order valence-corrected chi connectivity index (χ4v) is 1.05. The van der Waals surface area contributed by atoms with Gasteiger partial charge < -0.3 is 5.32 Å². The van der Waals surface area contributed by atoms with E-state index in [2.05, 4.69) is 5.32 Å². The Morgan fingerprint density at radius 1 is 1.43 bits per heavy atom. The Morgan fingerprint density at radius 3 is 2.57 bits per heavy atom. The average molecular weight is 212 g/mol. The number of anilines is 1. The maximum absolute atomic E-state index is 11.5. The SMILES string of the molecule is Cc1cccc(NC(=O)C(C)(C)Cl)c1. The minimum Gasteiger partial charge on any atom is -0.325 e. The van der Waals surface area contributed by atoms with Crippen LogP contribution in [-0.4, -0.2) is 10.8 Å². The first-order valence-corrected chi connectivity index (χ1v) is 4.84. The van der Waals surface area contributed by atoms with E-state index in [9.17, 15) is 4.79 Å². The molecule has 0 aliphatic carbocycles. The summed E-state index contributed by atoms with van der Waals surface area (Å²) >= 11 is 5.86. The number of alkyl halides is 1. The van der Waals surface area contributed by atoms with E-state index in [0.717, 1.165) is 11.3 Å². The first-order chi connectivity index (χ1) is 6.39. The van der Waals surface area contributed by atoms with Crippen LogP contribution in [0.5, 0.6) is 0 Å². The summed E-state index contributed by atoms with van der Waals surface area (Å²) in [6.07, 6.45) is 0. The molecule has 1 aromatic rings. The second-order valence-corrected chi connectivity index (χ2v) is 4.74. The number of carbonyl (C=O) groups excluding carboxylic acids is 1. The highest BCUT2D eigenvalue weighted by Gasteiger charge is 2.23. The lowest BCUT2D eigenvalue weighted by molar-refractivity contribution is -0.117. The summed E-state index contributed by atoms with van der Waals surface area (Å²) < 4.78 is 0. The first kappa shape index (κ1) is 11.1. The molecule has 1 N–H and O–H groups in total. The van der Waals surface area contributed by atoms with Crippen molar-refractivity contribution in [3.63, 3.8) is 0 Å². The van der Waals surface area contributed by atoms with Crippen molar-refractivity contribution in [2.75, 3.05) is 5.32 Å². The van der Waals surface area contributed by atoms with Crippen molar-refractivity contribution in [2.24, 2.45) is 0 Å². The summed E-state index contributed by atoms with van der Waals surface area (Å²) in [6.45, 7) is 5.31. The third-order valence-electron chi connectivity index (χ3n) is 1.82. The van der Waals surface area contributed by atoms with E-state index in [-0.39, 0.29) is 5.91 Å². The van der Waals surface area contributed by atoms with Crippen LogP contribution in [-0.2, 0) is 4.79 Å². The van der Waals surface area contributed by atoms with Gasteiger partial charge >= 0.3 is 0 Å². The van der Waals surface area contributed by atoms with Crippen LogP contribution >= 0.6 is 11.6 Å². The van der Waals surface area contributed by atoms with Gasteiger partial charge in [-0.2, -0.15) is 0 Å². The van der Waals surface area contributed by atoms with Gasteiger partial charge in [0.1, 0.15) is 4.87 Å². The number of rotatable bonds is 2. The normalized spacial score (nSPS) is 11.1. The Labute approximate surface area is 89.3 Å². The summed E-state index contributed by atoms with van der Waals surface area (Å²) in [4.78, 5) is 10.6. The monoisotopic (exact) mass is 211 g/mol. The van der Waals surface area contributed by atoms with Gasteiger partial charge in [-0.3, -0.25) is 4.79 Å². The minimum atomic E-state index is -0.871. The molecule has 2 nitrogen and oxygen atoms in total. The molecule has 0 heterocycles. The molecule has 14 heavy (non-hydrogen) atoms. The molecule has 0 atom stereocenters. The van der Waals surface area contributed by atoms with Crippen LogP contribution in [0.3, 0.4) is 0 Å². The molecule has 0 aliphatic rings. The fraction of sp³-hybridized carbons (Fsp3) is 0.364. The van der Waals surface area contributed by atoms with Gasteiger partial charge in [-0.05, 0) is 38.5 Å². The van der Waals surface area contributed by atoms with Crippen molar-refractivity contribution in [3.05, 3.63) is 29.8 Å². The van der Waals surface area contributed by atoms with Gasteiger partial charge in [0.25, 0.3) is 0 Å². The highest BCUT2D eigenvalue weighted by atomic mass is 35.5. The van der Waals surface area contributed by atoms with Crippen molar-refractivity contribution >= 4 is 23.2 Å². The maximum atomic E-state index is 11.5. The van der Waals surface area contributed by atoms with E-state index in [1.165, 1.54) is 0 Å². The Balaban J connectivity index is 2.75. The summed E-state index contributed by atoms with van der Waals surface area (Å²) in [7, 11) is 0. The van der Waals surface area contributed by atoms with Crippen molar-refractivity contribution < 1.29 is 4.79 Å². The predicted octanol–water partition coefficient (Wildman–Crippen LogP) is 2.95. The lowest BCUT2D eigenvalue weighted by atomic mass is 10.1. The van der Waals surface area contributed by atoms with E-state index in [0.29, 0.717) is 0 Å². The molecule has 0 fully saturated rings. The van der Waals surface area contributed by atoms with Gasteiger partial charge in [0.05, 0.1) is 0 Å². The lowest BCUT2D eigenvalue weighted by Gasteiger charge is -2.15. The van der Waals surface area contributed by atoms with Gasteiger partial charge in [0.15, 0.2) is 0 Å². The summed E-state index contributed by atoms with van der Waals surface area (Å²) in [5.74, 6) is -0.190. The number of aryl methyl sites for hydroxylation is 1. The minimum absolute atomic E-state index is 0.190. The van der Waals surface area contributed by atoms with Crippen LogP contribution in [0, 0.1) is 6.92 Å². The Bertz CT molecular complexity index is 341. The van der Waals surface area contributed by atoms with Gasteiger partial charge in [-0.15, -0.1) is 11.6 Å². The smallest absolute Gasteiger partial charge is 0.244 e. The van der Waals surface area contributed by atoms with E-state index in [1.54, 1.807) is 13.8 Å². The van der Waals surface area contributed by atoms with Crippen molar-refractivity contribution in [3.8, 4) is 0 Å². The molecule has 0 unspecified atom stereocenters. The summed E-state index contributed by atoms with van der Waals surface area (Å²) in [6, 6.07) is 7.61. The number of hydrogen-bond acceptors (Lipinski definition) is 1. The molecule has 0 aromatic heterocycles. The molecule has 0 saturated carbocycles. The van der Waals surface area contributed by atoms with Crippen LogP contribution < -0.4 is 5.32 Å². The van der Waals surface area contributed by atoms with Crippen LogP contribution in [0.25, 0.3) is 0 Å². The fourth-order valence-electron chi connectivity index (χ4n) is 1.00. The third-order valence-corrected chi connectivity index (χ3v) is 1.99. The quantitative estimate of drug-likeness (QED) is 0.749. The second-order valence-electron chi connectivity index (χ2n) is 3.80. The van der Waals surface area contributed by atoms with Gasteiger partial charge in [-0.25, -0.2) is 0 Å². The van der Waals surface area contributed by atoms with E-state index < -0.39 is 4.87 Å². The molecule has 1 aromatic carbocycles. The molecule has 1 rings (SSSR count). The van der Waals surface area contributed by atoms with Gasteiger partial charge in [0.2, 0.25) is 5.91 Å². The molecule has 3 heteroatoms. The molecular weight excluding hydrogens is 198 g/mol. The highest BCUT2D eigenvalue weighted by molar-refractivity contribution is 6.35. The molecule has 76 valence electrons. The van der Waals surface area contributed by atoms with Crippen LogP contribution in [0.15, 0.2) is 24.3 Å². The number of amides is 1. The average Bonchev–Trinajstić information content (AvgIpc) is 2.02. The van der Waals surface area contributed by atoms with E-state index >= 15 is 0 Å². The molecule has 0 spiro atoms.